The third kappa shape index (κ3) is 3.20. The molecule has 0 aliphatic carbocycles. The van der Waals surface area contributed by atoms with Gasteiger partial charge in [-0.1, -0.05) is 0 Å². The molecule has 1 aromatic carbocycles. The Labute approximate surface area is 95.5 Å². The minimum absolute atomic E-state index is 0.0103. The van der Waals surface area contributed by atoms with Gasteiger partial charge in [-0.15, -0.1) is 0 Å². The fourth-order valence-electron chi connectivity index (χ4n) is 1.17. The molecule has 0 fully saturated rings. The molecule has 0 aliphatic rings. The van der Waals surface area contributed by atoms with Crippen molar-refractivity contribution >= 4 is 27.6 Å². The maximum atomic E-state index is 13.2. The van der Waals surface area contributed by atoms with E-state index in [2.05, 4.69) is 15.9 Å². The summed E-state index contributed by atoms with van der Waals surface area (Å²) in [5.74, 6) is -0.877. The van der Waals surface area contributed by atoms with E-state index >= 15 is 0 Å². The van der Waals surface area contributed by atoms with E-state index in [-0.39, 0.29) is 16.6 Å². The number of ether oxygens (including phenoxy) is 1. The molecule has 0 heterocycles. The lowest BCUT2D eigenvalue weighted by molar-refractivity contribution is -0.142. The monoisotopic (exact) mass is 275 g/mol. The lowest BCUT2D eigenvalue weighted by Crippen LogP contribution is -2.08. The molecule has 1 rings (SSSR count). The second-order valence-electron chi connectivity index (χ2n) is 2.96. The molecule has 1 aromatic rings. The van der Waals surface area contributed by atoms with Crippen LogP contribution in [0, 0.1) is 5.82 Å². The van der Waals surface area contributed by atoms with Gasteiger partial charge in [0.25, 0.3) is 0 Å². The van der Waals surface area contributed by atoms with Gasteiger partial charge in [0.1, 0.15) is 5.82 Å². The Morgan fingerprint density at radius 1 is 1.60 bits per heavy atom. The Morgan fingerprint density at radius 2 is 2.27 bits per heavy atom. The first-order chi connectivity index (χ1) is 7.04. The van der Waals surface area contributed by atoms with Gasteiger partial charge in [-0.05, 0) is 40.5 Å². The lowest BCUT2D eigenvalue weighted by Gasteiger charge is -2.06. The molecule has 0 unspecified atom stereocenters. The molecule has 0 aromatic heterocycles. The van der Waals surface area contributed by atoms with Crippen molar-refractivity contribution in [1.82, 2.24) is 0 Å². The summed E-state index contributed by atoms with van der Waals surface area (Å²) in [7, 11) is 0. The highest BCUT2D eigenvalue weighted by Gasteiger charge is 2.11. The molecule has 0 saturated heterocycles. The summed E-state index contributed by atoms with van der Waals surface area (Å²) in [5, 5.41) is 0. The van der Waals surface area contributed by atoms with Crippen molar-refractivity contribution in [1.29, 1.82) is 0 Å². The molecule has 0 atom stereocenters. The van der Waals surface area contributed by atoms with E-state index in [1.54, 1.807) is 13.0 Å². The Bertz CT molecular complexity index is 382. The quantitative estimate of drug-likeness (QED) is 0.680. The highest BCUT2D eigenvalue weighted by molar-refractivity contribution is 9.10. The van der Waals surface area contributed by atoms with Crippen molar-refractivity contribution in [3.05, 3.63) is 28.0 Å². The summed E-state index contributed by atoms with van der Waals surface area (Å²) in [5.41, 5.74) is 6.24. The number of hydrogen-bond donors (Lipinski definition) is 1. The number of benzene rings is 1. The predicted octanol–water partition coefficient (Wildman–Crippen LogP) is 2.28. The molecule has 0 saturated carbocycles. The Balaban J connectivity index is 2.89. The van der Waals surface area contributed by atoms with Crippen molar-refractivity contribution < 1.29 is 13.9 Å². The molecule has 15 heavy (non-hydrogen) atoms. The van der Waals surface area contributed by atoms with E-state index in [1.807, 2.05) is 0 Å². The number of carbonyl (C=O) groups excluding carboxylic acids is 1. The molecular formula is C10H11BrFNO2. The Hall–Kier alpha value is -1.10. The zero-order valence-corrected chi connectivity index (χ0v) is 9.80. The largest absolute Gasteiger partial charge is 0.466 e. The fraction of sp³-hybridized carbons (Fsp3) is 0.300. The molecule has 0 aliphatic heterocycles. The molecule has 0 bridgehead atoms. The van der Waals surface area contributed by atoms with Gasteiger partial charge >= 0.3 is 5.97 Å². The van der Waals surface area contributed by atoms with E-state index in [0.29, 0.717) is 12.2 Å². The number of esters is 1. The van der Waals surface area contributed by atoms with Gasteiger partial charge in [-0.2, -0.15) is 0 Å². The fourth-order valence-corrected chi connectivity index (χ4v) is 1.53. The number of halogens is 2. The van der Waals surface area contributed by atoms with Crippen molar-refractivity contribution in [3.8, 4) is 0 Å². The van der Waals surface area contributed by atoms with Crippen LogP contribution >= 0.6 is 15.9 Å². The van der Waals surface area contributed by atoms with Crippen LogP contribution in [0.3, 0.4) is 0 Å². The topological polar surface area (TPSA) is 52.3 Å². The average molecular weight is 276 g/mol. The molecule has 2 N–H and O–H groups in total. The van der Waals surface area contributed by atoms with Crippen LogP contribution in [0.5, 0.6) is 0 Å². The summed E-state index contributed by atoms with van der Waals surface area (Å²) in [6, 6.07) is 2.74. The number of nitrogens with two attached hydrogens (primary N) is 1. The average Bonchev–Trinajstić information content (AvgIpc) is 2.13. The van der Waals surface area contributed by atoms with Crippen LogP contribution in [0.1, 0.15) is 12.5 Å². The highest BCUT2D eigenvalue weighted by atomic mass is 79.9. The number of hydrogen-bond acceptors (Lipinski definition) is 3. The summed E-state index contributed by atoms with van der Waals surface area (Å²) in [4.78, 5) is 11.2. The molecule has 0 amide bonds. The SMILES string of the molecule is CCOC(=O)Cc1cc(N)cc(F)c1Br. The van der Waals surface area contributed by atoms with E-state index in [4.69, 9.17) is 10.5 Å². The third-order valence-electron chi connectivity index (χ3n) is 1.77. The van der Waals surface area contributed by atoms with Gasteiger partial charge in [-0.25, -0.2) is 4.39 Å². The molecular weight excluding hydrogens is 265 g/mol. The van der Waals surface area contributed by atoms with E-state index in [1.165, 1.54) is 6.07 Å². The maximum absolute atomic E-state index is 13.2. The summed E-state index contributed by atoms with van der Waals surface area (Å²) >= 11 is 3.06. The predicted molar refractivity (Wildman–Crippen MR) is 58.8 cm³/mol. The van der Waals surface area contributed by atoms with Crippen molar-refractivity contribution in [2.75, 3.05) is 12.3 Å². The normalized spacial score (nSPS) is 10.1. The van der Waals surface area contributed by atoms with Crippen LogP contribution in [0.25, 0.3) is 0 Å². The van der Waals surface area contributed by atoms with Crippen molar-refractivity contribution in [3.63, 3.8) is 0 Å². The molecule has 0 spiro atoms. The van der Waals surface area contributed by atoms with Crippen LogP contribution in [0.2, 0.25) is 0 Å². The van der Waals surface area contributed by atoms with E-state index in [9.17, 15) is 9.18 Å². The van der Waals surface area contributed by atoms with Gasteiger partial charge in [0.15, 0.2) is 0 Å². The standard InChI is InChI=1S/C10H11BrFNO2/c1-2-15-9(14)4-6-3-7(13)5-8(12)10(6)11/h3,5H,2,4,13H2,1H3. The van der Waals surface area contributed by atoms with Crippen LogP contribution in [-0.4, -0.2) is 12.6 Å². The van der Waals surface area contributed by atoms with Gasteiger partial charge in [0, 0.05) is 5.69 Å². The second-order valence-corrected chi connectivity index (χ2v) is 3.75. The zero-order valence-electron chi connectivity index (χ0n) is 8.22. The smallest absolute Gasteiger partial charge is 0.310 e. The first-order valence-electron chi connectivity index (χ1n) is 4.43. The minimum Gasteiger partial charge on any atom is -0.466 e. The summed E-state index contributed by atoms with van der Waals surface area (Å²) < 4.78 is 18.2. The molecule has 3 nitrogen and oxygen atoms in total. The lowest BCUT2D eigenvalue weighted by atomic mass is 10.1. The van der Waals surface area contributed by atoms with Gasteiger partial charge in [-0.3, -0.25) is 4.79 Å². The summed E-state index contributed by atoms with van der Waals surface area (Å²) in [6.07, 6.45) is 0.0103. The molecule has 82 valence electrons. The summed E-state index contributed by atoms with van der Waals surface area (Å²) in [6.45, 7) is 2.02. The Morgan fingerprint density at radius 3 is 2.87 bits per heavy atom. The van der Waals surface area contributed by atoms with Crippen molar-refractivity contribution in [2.24, 2.45) is 0 Å². The Kier molecular flexibility index (Phi) is 4.08. The first-order valence-corrected chi connectivity index (χ1v) is 5.23. The molecule has 5 heteroatoms. The van der Waals surface area contributed by atoms with Crippen LogP contribution in [-0.2, 0) is 16.0 Å². The minimum atomic E-state index is -0.478. The number of nitrogen functional groups attached to an aromatic ring is 1. The maximum Gasteiger partial charge on any atom is 0.310 e. The van der Waals surface area contributed by atoms with Crippen LogP contribution in [0.4, 0.5) is 10.1 Å². The number of rotatable bonds is 3. The third-order valence-corrected chi connectivity index (χ3v) is 2.65. The zero-order chi connectivity index (χ0) is 11.4. The van der Waals surface area contributed by atoms with Crippen LogP contribution < -0.4 is 5.73 Å². The van der Waals surface area contributed by atoms with Crippen molar-refractivity contribution in [2.45, 2.75) is 13.3 Å². The van der Waals surface area contributed by atoms with Gasteiger partial charge in [0.2, 0.25) is 0 Å². The van der Waals surface area contributed by atoms with Crippen LogP contribution in [0.15, 0.2) is 16.6 Å². The molecule has 0 radical (unpaired) electrons. The first kappa shape index (κ1) is 12.0. The number of anilines is 1. The number of carbonyl (C=O) groups is 1. The van der Waals surface area contributed by atoms with Gasteiger partial charge < -0.3 is 10.5 Å². The second kappa shape index (κ2) is 5.11. The van der Waals surface area contributed by atoms with E-state index in [0.717, 1.165) is 0 Å². The highest BCUT2D eigenvalue weighted by Crippen LogP contribution is 2.24. The van der Waals surface area contributed by atoms with E-state index < -0.39 is 11.8 Å². The van der Waals surface area contributed by atoms with Gasteiger partial charge in [0.05, 0.1) is 17.5 Å².